The van der Waals surface area contributed by atoms with Crippen molar-refractivity contribution in [2.75, 3.05) is 18.4 Å². The molecule has 186 valence electrons. The average molecular weight is 504 g/mol. The number of cyclic esters (lactones) is 1. The molecule has 3 aromatic rings. The number of likely N-dealkylation sites (tertiary alicyclic amines) is 1. The molecule has 2 fully saturated rings. The number of benzene rings is 2. The Balaban J connectivity index is 1.43. The van der Waals surface area contributed by atoms with E-state index >= 15 is 0 Å². The molecule has 2 aromatic carbocycles. The van der Waals surface area contributed by atoms with E-state index in [1.54, 1.807) is 29.2 Å². The second-order valence-corrected chi connectivity index (χ2v) is 10.3. The molecule has 3 amide bonds. The van der Waals surface area contributed by atoms with Gasteiger partial charge in [0.15, 0.2) is 12.1 Å². The van der Waals surface area contributed by atoms with Crippen molar-refractivity contribution < 1.29 is 19.1 Å². The fraction of sp³-hybridized carbons (Fsp3) is 0.321. The number of anilines is 1. The van der Waals surface area contributed by atoms with E-state index < -0.39 is 18.2 Å². The number of hydrogen-bond acceptors (Lipinski definition) is 5. The van der Waals surface area contributed by atoms with Crippen LogP contribution in [0.4, 0.5) is 10.5 Å². The number of aryl methyl sites for hydroxylation is 1. The van der Waals surface area contributed by atoms with Gasteiger partial charge in [0.1, 0.15) is 0 Å². The Morgan fingerprint density at radius 2 is 1.81 bits per heavy atom. The lowest BCUT2D eigenvalue weighted by Gasteiger charge is -2.33. The molecule has 1 aromatic heterocycles. The summed E-state index contributed by atoms with van der Waals surface area (Å²) in [4.78, 5) is 43.5. The quantitative estimate of drug-likeness (QED) is 0.490. The van der Waals surface area contributed by atoms with Gasteiger partial charge in [0.25, 0.3) is 5.91 Å². The number of amides is 3. The van der Waals surface area contributed by atoms with E-state index in [1.165, 1.54) is 11.3 Å². The Labute approximate surface area is 214 Å². The van der Waals surface area contributed by atoms with E-state index in [4.69, 9.17) is 4.74 Å². The fourth-order valence-electron chi connectivity index (χ4n) is 4.78. The van der Waals surface area contributed by atoms with Crippen molar-refractivity contribution in [1.29, 1.82) is 0 Å². The Morgan fingerprint density at radius 3 is 2.53 bits per heavy atom. The number of thiophene rings is 1. The zero-order valence-corrected chi connectivity index (χ0v) is 21.0. The molecular weight excluding hydrogens is 474 g/mol. The molecular formula is C28H29N3O4S. The summed E-state index contributed by atoms with van der Waals surface area (Å²) in [5.74, 6) is -0.293. The minimum absolute atomic E-state index is 0.0920. The second-order valence-electron chi connectivity index (χ2n) is 9.31. The van der Waals surface area contributed by atoms with Crippen molar-refractivity contribution in [2.45, 2.75) is 44.9 Å². The molecule has 5 rings (SSSR count). The molecule has 7 nitrogen and oxygen atoms in total. The molecule has 0 unspecified atom stereocenters. The molecule has 0 saturated carbocycles. The molecule has 3 heterocycles. The Hall–Kier alpha value is -3.65. The summed E-state index contributed by atoms with van der Waals surface area (Å²) in [5.41, 5.74) is 3.33. The fourth-order valence-corrected chi connectivity index (χ4v) is 5.40. The Kier molecular flexibility index (Phi) is 7.04. The molecule has 2 saturated heterocycles. The number of ether oxygens (including phenoxy) is 1. The molecule has 0 aliphatic carbocycles. The predicted molar refractivity (Wildman–Crippen MR) is 139 cm³/mol. The van der Waals surface area contributed by atoms with Crippen LogP contribution in [-0.2, 0) is 16.1 Å². The summed E-state index contributed by atoms with van der Waals surface area (Å²) in [7, 11) is 0. The van der Waals surface area contributed by atoms with Crippen molar-refractivity contribution in [3.8, 4) is 0 Å². The van der Waals surface area contributed by atoms with Gasteiger partial charge in [-0.2, -0.15) is 0 Å². The van der Waals surface area contributed by atoms with Gasteiger partial charge in [0.05, 0.1) is 11.4 Å². The summed E-state index contributed by atoms with van der Waals surface area (Å²) < 4.78 is 5.84. The highest BCUT2D eigenvalue weighted by molar-refractivity contribution is 7.12. The Bertz CT molecular complexity index is 1240. The lowest BCUT2D eigenvalue weighted by atomic mass is 9.98. The van der Waals surface area contributed by atoms with Crippen LogP contribution in [0.15, 0.2) is 66.0 Å². The van der Waals surface area contributed by atoms with Gasteiger partial charge in [-0.15, -0.1) is 11.3 Å². The van der Waals surface area contributed by atoms with E-state index in [0.717, 1.165) is 30.4 Å². The van der Waals surface area contributed by atoms with Crippen molar-refractivity contribution in [3.05, 3.63) is 87.6 Å². The highest BCUT2D eigenvalue weighted by Crippen LogP contribution is 2.36. The highest BCUT2D eigenvalue weighted by Gasteiger charge is 2.48. The normalized spacial score (nSPS) is 19.8. The summed E-state index contributed by atoms with van der Waals surface area (Å²) in [6, 6.07) is 18.0. The van der Waals surface area contributed by atoms with Crippen molar-refractivity contribution in [1.82, 2.24) is 9.80 Å². The van der Waals surface area contributed by atoms with Crippen molar-refractivity contribution in [3.63, 3.8) is 0 Å². The maximum Gasteiger partial charge on any atom is 0.411 e. The first-order valence-electron chi connectivity index (χ1n) is 12.3. The minimum atomic E-state index is -0.778. The smallest absolute Gasteiger partial charge is 0.411 e. The maximum absolute atomic E-state index is 13.8. The van der Waals surface area contributed by atoms with Crippen LogP contribution < -0.4 is 5.32 Å². The highest BCUT2D eigenvalue weighted by atomic mass is 32.1. The first-order valence-corrected chi connectivity index (χ1v) is 13.1. The summed E-state index contributed by atoms with van der Waals surface area (Å²) in [6.07, 6.45) is 1.74. The predicted octanol–water partition coefficient (Wildman–Crippen LogP) is 5.38. The summed E-state index contributed by atoms with van der Waals surface area (Å²) in [5, 5.41) is 4.76. The molecule has 2 aliphatic heterocycles. The number of carbonyl (C=O) groups is 3. The third-order valence-electron chi connectivity index (χ3n) is 6.70. The monoisotopic (exact) mass is 503 g/mol. The molecule has 8 heteroatoms. The lowest BCUT2D eigenvalue weighted by molar-refractivity contribution is -0.137. The lowest BCUT2D eigenvalue weighted by Crippen LogP contribution is -2.49. The largest absolute Gasteiger partial charge is 0.438 e. The van der Waals surface area contributed by atoms with Crippen LogP contribution in [0.25, 0.3) is 0 Å². The standard InChI is InChI=1S/C28H29N3O4S/c1-19-10-12-20(13-11-19)18-31-24(27(33)30-14-3-2-4-15-30)25(35-28(31)34)21-7-5-8-22(17-21)29-26(32)23-9-6-16-36-23/h5-13,16-17,24-25H,2-4,14-15,18H2,1H3,(H,29,32)/t24-,25-/m0/s1. The van der Waals surface area contributed by atoms with Gasteiger partial charge in [0.2, 0.25) is 5.91 Å². The van der Waals surface area contributed by atoms with Crippen molar-refractivity contribution >= 4 is 34.9 Å². The zero-order chi connectivity index (χ0) is 25.1. The van der Waals surface area contributed by atoms with Crippen LogP contribution in [0.5, 0.6) is 0 Å². The maximum atomic E-state index is 13.8. The molecule has 2 aliphatic rings. The van der Waals surface area contributed by atoms with Gasteiger partial charge < -0.3 is 15.0 Å². The van der Waals surface area contributed by atoms with Crippen LogP contribution in [0, 0.1) is 6.92 Å². The second kappa shape index (κ2) is 10.5. The third-order valence-corrected chi connectivity index (χ3v) is 7.57. The van der Waals surface area contributed by atoms with Gasteiger partial charge in [-0.3, -0.25) is 14.5 Å². The SMILES string of the molecule is Cc1ccc(CN2C(=O)O[C@@H](c3cccc(NC(=O)c4cccs4)c3)[C@H]2C(=O)N2CCCCC2)cc1. The van der Waals surface area contributed by atoms with Gasteiger partial charge in [-0.1, -0.05) is 48.0 Å². The third kappa shape index (κ3) is 5.14. The molecule has 0 radical (unpaired) electrons. The van der Waals surface area contributed by atoms with Crippen LogP contribution >= 0.6 is 11.3 Å². The summed E-state index contributed by atoms with van der Waals surface area (Å²) >= 11 is 1.36. The molecule has 1 N–H and O–H groups in total. The minimum Gasteiger partial charge on any atom is -0.438 e. The summed E-state index contributed by atoms with van der Waals surface area (Å²) in [6.45, 7) is 3.67. The molecule has 2 atom stereocenters. The van der Waals surface area contributed by atoms with E-state index in [9.17, 15) is 14.4 Å². The number of nitrogens with zero attached hydrogens (tertiary/aromatic N) is 2. The first-order chi connectivity index (χ1) is 17.5. The molecule has 36 heavy (non-hydrogen) atoms. The van der Waals surface area contributed by atoms with E-state index in [-0.39, 0.29) is 18.4 Å². The molecule has 0 bridgehead atoms. The van der Waals surface area contributed by atoms with E-state index in [0.29, 0.717) is 29.2 Å². The van der Waals surface area contributed by atoms with Gasteiger partial charge in [-0.05, 0) is 60.9 Å². The number of rotatable bonds is 6. The van der Waals surface area contributed by atoms with E-state index in [1.807, 2.05) is 53.6 Å². The number of hydrogen-bond donors (Lipinski definition) is 1. The van der Waals surface area contributed by atoms with Gasteiger partial charge in [0, 0.05) is 18.8 Å². The number of piperidine rings is 1. The Morgan fingerprint density at radius 1 is 1.03 bits per heavy atom. The number of carbonyl (C=O) groups excluding carboxylic acids is 3. The number of nitrogens with one attached hydrogen (secondary N) is 1. The van der Waals surface area contributed by atoms with Crippen LogP contribution in [0.3, 0.4) is 0 Å². The van der Waals surface area contributed by atoms with Gasteiger partial charge >= 0.3 is 6.09 Å². The van der Waals surface area contributed by atoms with Crippen LogP contribution in [0.2, 0.25) is 0 Å². The van der Waals surface area contributed by atoms with Crippen LogP contribution in [-0.4, -0.2) is 46.8 Å². The topological polar surface area (TPSA) is 79.0 Å². The van der Waals surface area contributed by atoms with Gasteiger partial charge in [-0.25, -0.2) is 4.79 Å². The van der Waals surface area contributed by atoms with E-state index in [2.05, 4.69) is 5.32 Å². The van der Waals surface area contributed by atoms with Crippen molar-refractivity contribution in [2.24, 2.45) is 0 Å². The zero-order valence-electron chi connectivity index (χ0n) is 20.2. The van der Waals surface area contributed by atoms with Crippen LogP contribution in [0.1, 0.15) is 51.7 Å². The first kappa shape index (κ1) is 24.1. The average Bonchev–Trinajstić information content (AvgIpc) is 3.55. The molecule has 0 spiro atoms.